The van der Waals surface area contributed by atoms with E-state index < -0.39 is 0 Å². The molecule has 0 aliphatic heterocycles. The minimum absolute atomic E-state index is 0.0975. The number of aromatic nitrogens is 6. The van der Waals surface area contributed by atoms with Crippen LogP contribution in [0.25, 0.3) is 16.7 Å². The van der Waals surface area contributed by atoms with Gasteiger partial charge in [0.05, 0.1) is 28.5 Å². The molecule has 0 saturated carbocycles. The number of nitrogens with one attached hydrogen (secondary N) is 2. The summed E-state index contributed by atoms with van der Waals surface area (Å²) < 4.78 is 1.68. The van der Waals surface area contributed by atoms with Gasteiger partial charge in [0.1, 0.15) is 5.82 Å². The lowest BCUT2D eigenvalue weighted by molar-refractivity contribution is -0.119. The molecule has 4 aromatic rings. The Morgan fingerprint density at radius 3 is 2.77 bits per heavy atom. The van der Waals surface area contributed by atoms with Crippen LogP contribution in [0.3, 0.4) is 0 Å². The first kappa shape index (κ1) is 21.0. The third-order valence-electron chi connectivity index (χ3n) is 5.05. The summed E-state index contributed by atoms with van der Waals surface area (Å²) in [4.78, 5) is 20.7. The van der Waals surface area contributed by atoms with Gasteiger partial charge in [-0.05, 0) is 59.5 Å². The normalized spacial score (nSPS) is 12.4. The van der Waals surface area contributed by atoms with Crippen LogP contribution in [-0.2, 0) is 4.79 Å². The van der Waals surface area contributed by atoms with Crippen molar-refractivity contribution in [1.82, 2.24) is 35.5 Å². The van der Waals surface area contributed by atoms with Crippen molar-refractivity contribution in [1.29, 1.82) is 0 Å². The molecular weight excluding hydrogens is 410 g/mol. The maximum atomic E-state index is 12.8. The lowest BCUT2D eigenvalue weighted by Gasteiger charge is -2.20. The molecule has 2 heterocycles. The molecule has 1 atom stereocenters. The molecule has 0 unspecified atom stereocenters. The molecule has 0 bridgehead atoms. The Morgan fingerprint density at radius 2 is 2.00 bits per heavy atom. The molecule has 1 amide bonds. The van der Waals surface area contributed by atoms with Crippen LogP contribution in [0.2, 0.25) is 0 Å². The van der Waals surface area contributed by atoms with E-state index in [9.17, 15) is 4.79 Å². The highest BCUT2D eigenvalue weighted by Gasteiger charge is 2.22. The van der Waals surface area contributed by atoms with Gasteiger partial charge in [-0.1, -0.05) is 49.9 Å². The summed E-state index contributed by atoms with van der Waals surface area (Å²) in [5, 5.41) is 15.7. The van der Waals surface area contributed by atoms with Crippen LogP contribution in [0, 0.1) is 19.8 Å². The van der Waals surface area contributed by atoms with Gasteiger partial charge in [-0.15, -0.1) is 5.10 Å². The number of carbonyl (C=O) groups is 1. The van der Waals surface area contributed by atoms with Crippen LogP contribution < -0.4 is 5.32 Å². The summed E-state index contributed by atoms with van der Waals surface area (Å²) in [6, 6.07) is 13.8. The monoisotopic (exact) mass is 435 g/mol. The first-order chi connectivity index (χ1) is 14.9. The topological polar surface area (TPSA) is 101 Å². The van der Waals surface area contributed by atoms with E-state index in [0.717, 1.165) is 33.7 Å². The average Bonchev–Trinajstić information content (AvgIpc) is 3.38. The fourth-order valence-corrected chi connectivity index (χ4v) is 4.08. The van der Waals surface area contributed by atoms with E-state index >= 15 is 0 Å². The third-order valence-corrected chi connectivity index (χ3v) is 5.97. The second kappa shape index (κ2) is 8.89. The fraction of sp³-hybridized carbons (Fsp3) is 0.318. The van der Waals surface area contributed by atoms with Gasteiger partial charge in [-0.25, -0.2) is 4.98 Å². The maximum Gasteiger partial charge on any atom is 0.231 e. The Labute approximate surface area is 184 Å². The highest BCUT2D eigenvalue weighted by atomic mass is 32.2. The van der Waals surface area contributed by atoms with Gasteiger partial charge in [-0.2, -0.15) is 4.68 Å². The number of rotatable bonds is 7. The summed E-state index contributed by atoms with van der Waals surface area (Å²) in [6.45, 7) is 8.16. The number of carbonyl (C=O) groups excluding carboxylic acids is 1. The smallest absolute Gasteiger partial charge is 0.231 e. The lowest BCUT2D eigenvalue weighted by atomic mass is 10.0. The third kappa shape index (κ3) is 4.61. The zero-order valence-corrected chi connectivity index (χ0v) is 18.8. The van der Waals surface area contributed by atoms with Crippen molar-refractivity contribution in [3.8, 4) is 5.69 Å². The van der Waals surface area contributed by atoms with E-state index in [1.807, 2.05) is 56.3 Å². The van der Waals surface area contributed by atoms with Crippen molar-refractivity contribution in [2.45, 2.75) is 38.9 Å². The molecule has 0 spiro atoms. The number of hydrogen-bond donors (Lipinski definition) is 2. The summed E-state index contributed by atoms with van der Waals surface area (Å²) in [5.41, 5.74) is 4.94. The van der Waals surface area contributed by atoms with Crippen LogP contribution in [0.4, 0.5) is 0 Å². The molecule has 0 aliphatic rings. The van der Waals surface area contributed by atoms with Crippen molar-refractivity contribution < 1.29 is 4.79 Å². The number of imidazole rings is 1. The Morgan fingerprint density at radius 1 is 1.19 bits per heavy atom. The van der Waals surface area contributed by atoms with Crippen LogP contribution in [0.5, 0.6) is 0 Å². The number of hydrogen-bond acceptors (Lipinski definition) is 6. The van der Waals surface area contributed by atoms with Crippen molar-refractivity contribution in [3.05, 3.63) is 59.4 Å². The second-order valence-corrected chi connectivity index (χ2v) is 8.82. The Hall–Kier alpha value is -3.20. The van der Waals surface area contributed by atoms with Crippen molar-refractivity contribution in [2.24, 2.45) is 5.92 Å². The van der Waals surface area contributed by atoms with Crippen molar-refractivity contribution >= 4 is 28.7 Å². The predicted octanol–water partition coefficient (Wildman–Crippen LogP) is 3.76. The molecule has 31 heavy (non-hydrogen) atoms. The Bertz CT molecular complexity index is 1180. The minimum atomic E-state index is -0.212. The van der Waals surface area contributed by atoms with Gasteiger partial charge < -0.3 is 10.3 Å². The molecule has 160 valence electrons. The zero-order chi connectivity index (χ0) is 22.0. The standard InChI is InChI=1S/C22H25N7OS/c1-13(2)20(21-23-16-7-5-6-8-17(16)24-21)25-19(30)12-31-22-26-27-28-29(22)18-11-14(3)9-10-15(18)4/h5-11,13,20H,12H2,1-4H3,(H,23,24)(H,25,30)/t20-/m0/s1. The van der Waals surface area contributed by atoms with E-state index in [2.05, 4.69) is 44.7 Å². The number of nitrogens with zero attached hydrogens (tertiary/aromatic N) is 5. The zero-order valence-electron chi connectivity index (χ0n) is 18.0. The first-order valence-electron chi connectivity index (χ1n) is 10.1. The fourth-order valence-electron chi connectivity index (χ4n) is 3.38. The van der Waals surface area contributed by atoms with E-state index in [1.165, 1.54) is 11.8 Å². The van der Waals surface area contributed by atoms with Gasteiger partial charge in [0.15, 0.2) is 0 Å². The SMILES string of the molecule is Cc1ccc(C)c(-n2nnnc2SCC(=O)N[C@H](c2nc3ccccc3[nH]2)C(C)C)c1. The molecular formula is C22H25N7OS. The molecule has 2 aromatic heterocycles. The van der Waals surface area contributed by atoms with Gasteiger partial charge in [0.25, 0.3) is 0 Å². The summed E-state index contributed by atoms with van der Waals surface area (Å²) in [5.74, 6) is 1.04. The number of aryl methyl sites for hydroxylation is 2. The van der Waals surface area contributed by atoms with Gasteiger partial charge in [0, 0.05) is 0 Å². The molecule has 2 aromatic carbocycles. The number of fused-ring (bicyclic) bond motifs is 1. The largest absolute Gasteiger partial charge is 0.345 e. The maximum absolute atomic E-state index is 12.8. The molecule has 0 aliphatic carbocycles. The molecule has 0 fully saturated rings. The molecule has 2 N–H and O–H groups in total. The molecule has 4 rings (SSSR count). The van der Waals surface area contributed by atoms with Crippen molar-refractivity contribution in [2.75, 3.05) is 5.75 Å². The average molecular weight is 436 g/mol. The number of amides is 1. The molecule has 8 nitrogen and oxygen atoms in total. The lowest BCUT2D eigenvalue weighted by Crippen LogP contribution is -2.33. The molecule has 0 radical (unpaired) electrons. The predicted molar refractivity (Wildman–Crippen MR) is 121 cm³/mol. The van der Waals surface area contributed by atoms with Gasteiger partial charge in [0.2, 0.25) is 11.1 Å². The number of aromatic amines is 1. The number of H-pyrrole nitrogens is 1. The van der Waals surface area contributed by atoms with E-state index in [-0.39, 0.29) is 23.6 Å². The highest BCUT2D eigenvalue weighted by molar-refractivity contribution is 7.99. The van der Waals surface area contributed by atoms with E-state index in [0.29, 0.717) is 5.16 Å². The number of tetrazole rings is 1. The Kier molecular flexibility index (Phi) is 6.03. The number of para-hydroxylation sites is 2. The van der Waals surface area contributed by atoms with Crippen LogP contribution in [0.15, 0.2) is 47.6 Å². The highest BCUT2D eigenvalue weighted by Crippen LogP contribution is 2.24. The summed E-state index contributed by atoms with van der Waals surface area (Å²) >= 11 is 1.31. The van der Waals surface area contributed by atoms with E-state index in [1.54, 1.807) is 4.68 Å². The van der Waals surface area contributed by atoms with Crippen molar-refractivity contribution in [3.63, 3.8) is 0 Å². The van der Waals surface area contributed by atoms with E-state index in [4.69, 9.17) is 0 Å². The molecule has 0 saturated heterocycles. The quantitative estimate of drug-likeness (QED) is 0.429. The second-order valence-electron chi connectivity index (χ2n) is 7.88. The summed E-state index contributed by atoms with van der Waals surface area (Å²) in [6.07, 6.45) is 0. The van der Waals surface area contributed by atoms with Crippen LogP contribution in [-0.4, -0.2) is 41.8 Å². The minimum Gasteiger partial charge on any atom is -0.345 e. The van der Waals surface area contributed by atoms with Crippen LogP contribution >= 0.6 is 11.8 Å². The number of thioether (sulfide) groups is 1. The van der Waals surface area contributed by atoms with Gasteiger partial charge in [-0.3, -0.25) is 4.79 Å². The summed E-state index contributed by atoms with van der Waals surface area (Å²) in [7, 11) is 0. The number of benzene rings is 2. The van der Waals surface area contributed by atoms with Gasteiger partial charge >= 0.3 is 0 Å². The molecule has 9 heteroatoms. The van der Waals surface area contributed by atoms with Crippen LogP contribution in [0.1, 0.15) is 36.8 Å². The first-order valence-corrected chi connectivity index (χ1v) is 11.1. The Balaban J connectivity index is 1.46.